The van der Waals surface area contributed by atoms with Gasteiger partial charge in [-0.1, -0.05) is 11.6 Å². The molecule has 0 unspecified atom stereocenters. The van der Waals surface area contributed by atoms with Crippen molar-refractivity contribution in [2.75, 3.05) is 26.2 Å². The van der Waals surface area contributed by atoms with Crippen LogP contribution in [0.5, 0.6) is 5.75 Å². The molecule has 1 aromatic carbocycles. The van der Waals surface area contributed by atoms with Crippen LogP contribution in [0, 0.1) is 13.8 Å². The number of nitrogens with zero attached hydrogens (tertiary/aromatic N) is 1. The van der Waals surface area contributed by atoms with Crippen molar-refractivity contribution < 1.29 is 14.3 Å². The Bertz CT molecular complexity index is 446. The van der Waals surface area contributed by atoms with Gasteiger partial charge in [0.25, 0.3) is 0 Å². The van der Waals surface area contributed by atoms with E-state index < -0.39 is 6.09 Å². The summed E-state index contributed by atoms with van der Waals surface area (Å²) in [6, 6.07) is 1.80. The average Bonchev–Trinajstić information content (AvgIpc) is 2.33. The van der Waals surface area contributed by atoms with Gasteiger partial charge in [-0.05, 0) is 31.0 Å². The molecule has 4 nitrogen and oxygen atoms in total. The molecule has 0 bridgehead atoms. The summed E-state index contributed by atoms with van der Waals surface area (Å²) in [5, 5.41) is 0.622. The second kappa shape index (κ2) is 5.27. The van der Waals surface area contributed by atoms with Crippen LogP contribution in [-0.2, 0) is 4.74 Å². The highest BCUT2D eigenvalue weighted by Crippen LogP contribution is 2.38. The smallest absolute Gasteiger partial charge is 0.413 e. The molecule has 0 atom stereocenters. The number of amides is 1. The number of aryl methyl sites for hydroxylation is 1. The van der Waals surface area contributed by atoms with E-state index in [1.54, 1.807) is 20.2 Å². The Labute approximate surface area is 106 Å². The van der Waals surface area contributed by atoms with Crippen LogP contribution in [0.3, 0.4) is 0 Å². The first kappa shape index (κ1) is 13.6. The van der Waals surface area contributed by atoms with Crippen LogP contribution in [0.2, 0.25) is 5.02 Å². The van der Waals surface area contributed by atoms with Gasteiger partial charge >= 0.3 is 6.09 Å². The maximum Gasteiger partial charge on any atom is 0.413 e. The van der Waals surface area contributed by atoms with E-state index in [1.165, 1.54) is 12.0 Å². The van der Waals surface area contributed by atoms with Crippen LogP contribution < -0.4 is 9.64 Å². The minimum absolute atomic E-state index is 0.466. The van der Waals surface area contributed by atoms with Crippen molar-refractivity contribution in [1.82, 2.24) is 0 Å². The van der Waals surface area contributed by atoms with Crippen LogP contribution in [0.25, 0.3) is 0 Å². The fraction of sp³-hybridized carbons (Fsp3) is 0.417. The monoisotopic (exact) mass is 257 g/mol. The van der Waals surface area contributed by atoms with Gasteiger partial charge in [-0.2, -0.15) is 0 Å². The van der Waals surface area contributed by atoms with Gasteiger partial charge in [-0.25, -0.2) is 4.79 Å². The van der Waals surface area contributed by atoms with E-state index in [0.717, 1.165) is 11.1 Å². The molecule has 0 aliphatic rings. The molecule has 0 saturated carbocycles. The zero-order valence-corrected chi connectivity index (χ0v) is 11.4. The summed E-state index contributed by atoms with van der Waals surface area (Å²) in [5.41, 5.74) is 2.31. The maximum absolute atomic E-state index is 11.5. The van der Waals surface area contributed by atoms with Gasteiger partial charge in [0, 0.05) is 12.1 Å². The third-order valence-electron chi connectivity index (χ3n) is 2.62. The molecule has 0 saturated heterocycles. The quantitative estimate of drug-likeness (QED) is 0.817. The van der Waals surface area contributed by atoms with Crippen molar-refractivity contribution in [2.45, 2.75) is 13.8 Å². The van der Waals surface area contributed by atoms with Crippen LogP contribution in [0.15, 0.2) is 6.07 Å². The summed E-state index contributed by atoms with van der Waals surface area (Å²) in [6.45, 7) is 3.73. The first-order valence-corrected chi connectivity index (χ1v) is 5.47. The van der Waals surface area contributed by atoms with Crippen LogP contribution in [0.1, 0.15) is 11.1 Å². The van der Waals surface area contributed by atoms with Crippen LogP contribution >= 0.6 is 11.6 Å². The fourth-order valence-corrected chi connectivity index (χ4v) is 1.86. The van der Waals surface area contributed by atoms with Crippen molar-refractivity contribution in [1.29, 1.82) is 0 Å². The molecule has 0 radical (unpaired) electrons. The minimum atomic E-state index is -0.466. The lowest BCUT2D eigenvalue weighted by atomic mass is 10.1. The molecule has 0 N–H and O–H groups in total. The Morgan fingerprint density at radius 3 is 2.41 bits per heavy atom. The first-order valence-electron chi connectivity index (χ1n) is 5.09. The number of benzene rings is 1. The number of anilines is 1. The largest absolute Gasteiger partial charge is 0.495 e. The second-order valence-corrected chi connectivity index (χ2v) is 4.09. The average molecular weight is 258 g/mol. The lowest BCUT2D eigenvalue weighted by Gasteiger charge is -2.22. The molecule has 1 rings (SSSR count). The fourth-order valence-electron chi connectivity index (χ4n) is 1.71. The summed E-state index contributed by atoms with van der Waals surface area (Å²) >= 11 is 6.17. The predicted octanol–water partition coefficient (Wildman–Crippen LogP) is 3.17. The number of hydrogen-bond donors (Lipinski definition) is 0. The van der Waals surface area contributed by atoms with Crippen molar-refractivity contribution in [2.24, 2.45) is 0 Å². The molecule has 0 spiro atoms. The molecule has 1 amide bonds. The SMILES string of the molecule is COC(=O)N(C)c1c(OC)cc(C)c(Cl)c1C. The van der Waals surface area contributed by atoms with Gasteiger partial charge in [0.1, 0.15) is 5.75 Å². The van der Waals surface area contributed by atoms with Gasteiger partial charge in [0.2, 0.25) is 0 Å². The summed E-state index contributed by atoms with van der Waals surface area (Å²) in [5.74, 6) is 0.595. The molecule has 0 aliphatic heterocycles. The molecule has 0 fully saturated rings. The lowest BCUT2D eigenvalue weighted by Crippen LogP contribution is -2.27. The van der Waals surface area contributed by atoms with E-state index in [4.69, 9.17) is 16.3 Å². The number of carbonyl (C=O) groups excluding carboxylic acids is 1. The standard InChI is InChI=1S/C12H16ClNO3/c1-7-6-9(16-4)11(8(2)10(7)13)14(3)12(15)17-5/h6H,1-5H3. The van der Waals surface area contributed by atoms with Gasteiger partial charge < -0.3 is 9.47 Å². The van der Waals surface area contributed by atoms with Gasteiger partial charge in [0.15, 0.2) is 0 Å². The Hall–Kier alpha value is -1.42. The molecular formula is C12H16ClNO3. The number of methoxy groups -OCH3 is 2. The van der Waals surface area contributed by atoms with E-state index in [-0.39, 0.29) is 0 Å². The molecule has 5 heteroatoms. The lowest BCUT2D eigenvalue weighted by molar-refractivity contribution is 0.180. The zero-order chi connectivity index (χ0) is 13.2. The Morgan fingerprint density at radius 2 is 1.94 bits per heavy atom. The molecule has 0 aliphatic carbocycles. The number of halogens is 1. The molecular weight excluding hydrogens is 242 g/mol. The van der Waals surface area contributed by atoms with Crippen LogP contribution in [0.4, 0.5) is 10.5 Å². The molecule has 17 heavy (non-hydrogen) atoms. The molecule has 94 valence electrons. The zero-order valence-electron chi connectivity index (χ0n) is 10.6. The van der Waals surface area contributed by atoms with Crippen molar-refractivity contribution in [3.05, 3.63) is 22.2 Å². The summed E-state index contributed by atoms with van der Waals surface area (Å²) in [7, 11) is 4.50. The normalized spacial score (nSPS) is 10.0. The highest BCUT2D eigenvalue weighted by atomic mass is 35.5. The Kier molecular flexibility index (Phi) is 4.23. The van der Waals surface area contributed by atoms with E-state index in [2.05, 4.69) is 4.74 Å². The second-order valence-electron chi connectivity index (χ2n) is 3.71. The Morgan fingerprint density at radius 1 is 1.35 bits per heavy atom. The summed E-state index contributed by atoms with van der Waals surface area (Å²) in [4.78, 5) is 12.9. The minimum Gasteiger partial charge on any atom is -0.495 e. The third kappa shape index (κ3) is 2.47. The van der Waals surface area contributed by atoms with Gasteiger partial charge in [0.05, 0.1) is 19.9 Å². The van der Waals surface area contributed by atoms with E-state index in [9.17, 15) is 4.79 Å². The highest BCUT2D eigenvalue weighted by Gasteiger charge is 2.20. The number of rotatable bonds is 2. The number of carbonyl (C=O) groups is 1. The predicted molar refractivity (Wildman–Crippen MR) is 68.3 cm³/mol. The highest BCUT2D eigenvalue weighted by molar-refractivity contribution is 6.32. The topological polar surface area (TPSA) is 38.8 Å². The van der Waals surface area contributed by atoms with Gasteiger partial charge in [-0.3, -0.25) is 4.90 Å². The summed E-state index contributed by atoms with van der Waals surface area (Å²) in [6.07, 6.45) is -0.466. The third-order valence-corrected chi connectivity index (χ3v) is 3.20. The van der Waals surface area contributed by atoms with Crippen LogP contribution in [-0.4, -0.2) is 27.4 Å². The van der Waals surface area contributed by atoms with Gasteiger partial charge in [-0.15, -0.1) is 0 Å². The van der Waals surface area contributed by atoms with Crippen molar-refractivity contribution >= 4 is 23.4 Å². The molecule has 0 aromatic heterocycles. The van der Waals surface area contributed by atoms with Crippen molar-refractivity contribution in [3.63, 3.8) is 0 Å². The summed E-state index contributed by atoms with van der Waals surface area (Å²) < 4.78 is 9.95. The molecule has 1 aromatic rings. The Balaban J connectivity index is 3.40. The van der Waals surface area contributed by atoms with E-state index >= 15 is 0 Å². The first-order chi connectivity index (χ1) is 7.93. The number of hydrogen-bond acceptors (Lipinski definition) is 3. The number of ether oxygens (including phenoxy) is 2. The van der Waals surface area contributed by atoms with Crippen molar-refractivity contribution in [3.8, 4) is 5.75 Å². The van der Waals surface area contributed by atoms with E-state index in [1.807, 2.05) is 13.8 Å². The van der Waals surface area contributed by atoms with E-state index in [0.29, 0.717) is 16.5 Å². The molecule has 0 heterocycles. The maximum atomic E-state index is 11.5.